The van der Waals surface area contributed by atoms with E-state index in [9.17, 15) is 0 Å². The van der Waals surface area contributed by atoms with Crippen LogP contribution in [0.25, 0.3) is 16.6 Å². The first kappa shape index (κ1) is 17.2. The molecule has 0 unspecified atom stereocenters. The lowest BCUT2D eigenvalue weighted by atomic mass is 10.2. The fraction of sp³-hybridized carbons (Fsp3) is 0.136. The van der Waals surface area contributed by atoms with Gasteiger partial charge in [0.25, 0.3) is 0 Å². The van der Waals surface area contributed by atoms with Crippen LogP contribution < -0.4 is 0 Å². The Balaban J connectivity index is 1.96. The molecule has 0 N–H and O–H groups in total. The lowest BCUT2D eigenvalue weighted by molar-refractivity contribution is 1.01. The second-order valence-corrected chi connectivity index (χ2v) is 7.98. The van der Waals surface area contributed by atoms with Crippen molar-refractivity contribution in [2.75, 3.05) is 0 Å². The second kappa shape index (κ2) is 6.82. The molecule has 0 radical (unpaired) electrons. The van der Waals surface area contributed by atoms with Gasteiger partial charge in [-0.3, -0.25) is 4.98 Å². The van der Waals surface area contributed by atoms with Crippen LogP contribution >= 0.6 is 23.4 Å². The number of rotatable bonds is 3. The summed E-state index contributed by atoms with van der Waals surface area (Å²) in [6.45, 7) is 6.46. The van der Waals surface area contributed by atoms with Crippen LogP contribution in [-0.2, 0) is 0 Å². The molecule has 0 aliphatic rings. The highest BCUT2D eigenvalue weighted by Gasteiger charge is 2.17. The van der Waals surface area contributed by atoms with Gasteiger partial charge in [-0.2, -0.15) is 0 Å². The molecular formula is C22H19ClN2S. The average Bonchev–Trinajstić information content (AvgIpc) is 2.90. The van der Waals surface area contributed by atoms with Gasteiger partial charge < -0.3 is 4.57 Å². The minimum atomic E-state index is 0.739. The number of aromatic nitrogens is 2. The van der Waals surface area contributed by atoms with Crippen molar-refractivity contribution in [3.8, 4) is 5.69 Å². The first-order valence-electron chi connectivity index (χ1n) is 8.50. The normalized spacial score (nSPS) is 11.2. The van der Waals surface area contributed by atoms with Crippen molar-refractivity contribution in [3.63, 3.8) is 0 Å². The van der Waals surface area contributed by atoms with E-state index in [-0.39, 0.29) is 0 Å². The molecule has 0 saturated carbocycles. The smallest absolute Gasteiger partial charge is 0.0642 e. The zero-order valence-electron chi connectivity index (χ0n) is 15.0. The average molecular weight is 379 g/mol. The van der Waals surface area contributed by atoms with Crippen molar-refractivity contribution < 1.29 is 0 Å². The molecule has 4 rings (SSSR count). The predicted molar refractivity (Wildman–Crippen MR) is 111 cm³/mol. The van der Waals surface area contributed by atoms with Crippen molar-refractivity contribution in [2.24, 2.45) is 0 Å². The molecule has 0 fully saturated rings. The number of fused-ring (bicyclic) bond motifs is 1. The van der Waals surface area contributed by atoms with E-state index in [1.54, 1.807) is 6.20 Å². The molecule has 0 bridgehead atoms. The Morgan fingerprint density at radius 1 is 1.00 bits per heavy atom. The van der Waals surface area contributed by atoms with Gasteiger partial charge in [-0.1, -0.05) is 41.6 Å². The van der Waals surface area contributed by atoms with Crippen molar-refractivity contribution in [3.05, 3.63) is 82.8 Å². The number of aryl methyl sites for hydroxylation is 2. The van der Waals surface area contributed by atoms with E-state index in [0.29, 0.717) is 0 Å². The van der Waals surface area contributed by atoms with Gasteiger partial charge in [0.1, 0.15) is 0 Å². The highest BCUT2D eigenvalue weighted by Crippen LogP contribution is 2.41. The number of hydrogen-bond donors (Lipinski definition) is 0. The molecule has 0 aliphatic heterocycles. The SMILES string of the molecule is Cc1ccc(C)c(Sc2c(C)n(-c3cccnc3)c3cc(Cl)ccc23)c1. The Bertz CT molecular complexity index is 1100. The summed E-state index contributed by atoms with van der Waals surface area (Å²) in [4.78, 5) is 6.83. The topological polar surface area (TPSA) is 17.8 Å². The number of nitrogens with zero attached hydrogens (tertiary/aromatic N) is 2. The monoisotopic (exact) mass is 378 g/mol. The van der Waals surface area contributed by atoms with E-state index in [4.69, 9.17) is 11.6 Å². The quantitative estimate of drug-likeness (QED) is 0.392. The van der Waals surface area contributed by atoms with Crippen molar-refractivity contribution in [2.45, 2.75) is 30.6 Å². The van der Waals surface area contributed by atoms with Crippen LogP contribution in [0.5, 0.6) is 0 Å². The zero-order valence-corrected chi connectivity index (χ0v) is 16.5. The maximum Gasteiger partial charge on any atom is 0.0642 e. The largest absolute Gasteiger partial charge is 0.311 e. The lowest BCUT2D eigenvalue weighted by Gasteiger charge is -2.09. The van der Waals surface area contributed by atoms with E-state index >= 15 is 0 Å². The summed E-state index contributed by atoms with van der Waals surface area (Å²) in [7, 11) is 0. The highest BCUT2D eigenvalue weighted by atomic mass is 35.5. The van der Waals surface area contributed by atoms with Gasteiger partial charge in [-0.25, -0.2) is 0 Å². The van der Waals surface area contributed by atoms with Gasteiger partial charge in [0, 0.05) is 32.1 Å². The molecule has 2 aromatic heterocycles. The van der Waals surface area contributed by atoms with Crippen molar-refractivity contribution in [1.82, 2.24) is 9.55 Å². The number of pyridine rings is 1. The predicted octanol–water partition coefficient (Wildman–Crippen LogP) is 6.76. The molecule has 0 atom stereocenters. The van der Waals surface area contributed by atoms with Crippen LogP contribution in [0, 0.1) is 20.8 Å². The van der Waals surface area contributed by atoms with Gasteiger partial charge >= 0.3 is 0 Å². The van der Waals surface area contributed by atoms with E-state index in [1.165, 1.54) is 32.0 Å². The molecule has 4 aromatic rings. The summed E-state index contributed by atoms with van der Waals surface area (Å²) in [6.07, 6.45) is 3.68. The van der Waals surface area contributed by atoms with Gasteiger partial charge in [0.05, 0.1) is 17.4 Å². The Hall–Kier alpha value is -2.23. The van der Waals surface area contributed by atoms with Crippen LogP contribution in [0.3, 0.4) is 0 Å². The molecule has 2 nitrogen and oxygen atoms in total. The number of halogens is 1. The molecule has 26 heavy (non-hydrogen) atoms. The van der Waals surface area contributed by atoms with E-state index in [1.807, 2.05) is 36.2 Å². The first-order valence-corrected chi connectivity index (χ1v) is 9.70. The van der Waals surface area contributed by atoms with Gasteiger partial charge in [0.2, 0.25) is 0 Å². The summed E-state index contributed by atoms with van der Waals surface area (Å²) in [6, 6.07) is 16.7. The van der Waals surface area contributed by atoms with Gasteiger partial charge in [0.15, 0.2) is 0 Å². The molecule has 4 heteroatoms. The summed E-state index contributed by atoms with van der Waals surface area (Å²) >= 11 is 8.13. The highest BCUT2D eigenvalue weighted by molar-refractivity contribution is 7.99. The fourth-order valence-electron chi connectivity index (χ4n) is 3.23. The Kier molecular flexibility index (Phi) is 4.51. The van der Waals surface area contributed by atoms with E-state index in [2.05, 4.69) is 60.7 Å². The minimum absolute atomic E-state index is 0.739. The first-order chi connectivity index (χ1) is 12.5. The third kappa shape index (κ3) is 3.02. The van der Waals surface area contributed by atoms with Crippen LogP contribution in [0.15, 0.2) is 70.7 Å². The molecule has 0 aliphatic carbocycles. The molecule has 130 valence electrons. The Labute approximate surface area is 162 Å². The van der Waals surface area contributed by atoms with Crippen molar-refractivity contribution in [1.29, 1.82) is 0 Å². The van der Waals surface area contributed by atoms with Crippen LogP contribution in [-0.4, -0.2) is 9.55 Å². The maximum absolute atomic E-state index is 6.31. The molecule has 0 saturated heterocycles. The molecule has 2 aromatic carbocycles. The van der Waals surface area contributed by atoms with Gasteiger partial charge in [-0.15, -0.1) is 0 Å². The Morgan fingerprint density at radius 3 is 2.62 bits per heavy atom. The number of hydrogen-bond acceptors (Lipinski definition) is 2. The number of benzene rings is 2. The van der Waals surface area contributed by atoms with E-state index < -0.39 is 0 Å². The third-order valence-corrected chi connectivity index (χ3v) is 6.18. The molecule has 2 heterocycles. The van der Waals surface area contributed by atoms with Crippen LogP contribution in [0.2, 0.25) is 5.02 Å². The van der Waals surface area contributed by atoms with E-state index in [0.717, 1.165) is 16.2 Å². The van der Waals surface area contributed by atoms with Crippen LogP contribution in [0.4, 0.5) is 0 Å². The summed E-state index contributed by atoms with van der Waals surface area (Å²) in [5, 5.41) is 1.95. The third-order valence-electron chi connectivity index (χ3n) is 4.57. The van der Waals surface area contributed by atoms with Gasteiger partial charge in [-0.05, 0) is 62.2 Å². The van der Waals surface area contributed by atoms with Crippen LogP contribution in [0.1, 0.15) is 16.8 Å². The minimum Gasteiger partial charge on any atom is -0.311 e. The lowest BCUT2D eigenvalue weighted by Crippen LogP contribution is -1.97. The molecule has 0 amide bonds. The Morgan fingerprint density at radius 2 is 1.85 bits per heavy atom. The summed E-state index contributed by atoms with van der Waals surface area (Å²) < 4.78 is 2.24. The fourth-order valence-corrected chi connectivity index (χ4v) is 4.62. The maximum atomic E-state index is 6.31. The van der Waals surface area contributed by atoms with Crippen molar-refractivity contribution >= 4 is 34.3 Å². The summed E-state index contributed by atoms with van der Waals surface area (Å²) in [5.41, 5.74) is 5.91. The zero-order chi connectivity index (χ0) is 18.3. The molecule has 0 spiro atoms. The second-order valence-electron chi connectivity index (χ2n) is 6.49. The molecular weight excluding hydrogens is 360 g/mol. The standard InChI is InChI=1S/C22H19ClN2S/c1-14-6-7-15(2)21(11-14)26-22-16(3)25(18-5-4-10-24-13-18)20-12-17(23)8-9-19(20)22/h4-13H,1-3H3. The summed E-state index contributed by atoms with van der Waals surface area (Å²) in [5.74, 6) is 0.